The number of aliphatic hydroxyl groups is 1. The summed E-state index contributed by atoms with van der Waals surface area (Å²) in [6, 6.07) is -2.03. The second-order valence-electron chi connectivity index (χ2n) is 9.56. The van der Waals surface area contributed by atoms with Gasteiger partial charge in [0.1, 0.15) is 11.5 Å². The molecule has 198 valence electrons. The van der Waals surface area contributed by atoms with Crippen LogP contribution in [0, 0.1) is 13.8 Å². The molecule has 10 heteroatoms. The second-order valence-corrected chi connectivity index (χ2v) is 9.56. The molecule has 0 radical (unpaired) electrons. The Bertz CT molecular complexity index is 1350. The standard InChI is InChI=1S/C27H32N2O8/c1-11-23(34-4)13-8-15-20-19-14(24(35-5)12(2)26(37-7)22(19)32)9-16(28(20)3)27(33)29(15)17(10-30)18(13)21(31)25(11)36-6/h8,16-17,20,30-32H,9-10H2,1-7H3/t16-,17+,20+/m1/s1. The lowest BCUT2D eigenvalue weighted by atomic mass is 9.77. The summed E-state index contributed by atoms with van der Waals surface area (Å²) in [4.78, 5) is 17.5. The molecule has 0 saturated carbocycles. The minimum absolute atomic E-state index is 0.0200. The Morgan fingerprint density at radius 1 is 0.892 bits per heavy atom. The van der Waals surface area contributed by atoms with Gasteiger partial charge in [0.25, 0.3) is 0 Å². The number of aliphatic hydroxyl groups excluding tert-OH is 1. The van der Waals surface area contributed by atoms with Crippen molar-refractivity contribution in [2.24, 2.45) is 0 Å². The first-order chi connectivity index (χ1) is 17.7. The summed E-state index contributed by atoms with van der Waals surface area (Å²) in [5.41, 5.74) is 4.00. The third-order valence-corrected chi connectivity index (χ3v) is 8.01. The molecule has 3 N–H and O–H groups in total. The molecule has 3 aliphatic heterocycles. The topological polar surface area (TPSA) is 121 Å². The molecular formula is C27H32N2O8. The fourth-order valence-corrected chi connectivity index (χ4v) is 6.46. The number of fused-ring (bicyclic) bond motifs is 7. The van der Waals surface area contributed by atoms with Gasteiger partial charge >= 0.3 is 0 Å². The monoisotopic (exact) mass is 512 g/mol. The molecule has 1 fully saturated rings. The summed E-state index contributed by atoms with van der Waals surface area (Å²) in [5, 5.41) is 33.2. The van der Waals surface area contributed by atoms with Gasteiger partial charge < -0.3 is 39.2 Å². The first-order valence-corrected chi connectivity index (χ1v) is 12.0. The van der Waals surface area contributed by atoms with Crippen molar-refractivity contribution in [2.45, 2.75) is 38.4 Å². The van der Waals surface area contributed by atoms with E-state index in [9.17, 15) is 20.1 Å². The lowest BCUT2D eigenvalue weighted by Crippen LogP contribution is -2.60. The summed E-state index contributed by atoms with van der Waals surface area (Å²) in [7, 11) is 7.85. The molecule has 2 bridgehead atoms. The zero-order valence-corrected chi connectivity index (χ0v) is 22.0. The maximum Gasteiger partial charge on any atom is 0.245 e. The highest BCUT2D eigenvalue weighted by atomic mass is 16.5. The molecule has 10 nitrogen and oxygen atoms in total. The minimum atomic E-state index is -0.887. The third-order valence-electron chi connectivity index (χ3n) is 8.01. The number of rotatable bonds is 5. The van der Waals surface area contributed by atoms with E-state index in [0.29, 0.717) is 57.2 Å². The number of piperazine rings is 1. The molecule has 3 heterocycles. The zero-order valence-electron chi connectivity index (χ0n) is 22.0. The molecule has 37 heavy (non-hydrogen) atoms. The number of likely N-dealkylation sites (N-methyl/N-ethyl adjacent to an activating group) is 1. The normalized spacial score (nSPS) is 22.1. The van der Waals surface area contributed by atoms with Gasteiger partial charge in [0, 0.05) is 45.5 Å². The molecule has 2 aromatic carbocycles. The zero-order chi connectivity index (χ0) is 26.9. The Kier molecular flexibility index (Phi) is 5.91. The van der Waals surface area contributed by atoms with Crippen LogP contribution in [0.15, 0.2) is 5.70 Å². The van der Waals surface area contributed by atoms with Gasteiger partial charge in [-0.25, -0.2) is 0 Å². The molecule has 0 spiro atoms. The van der Waals surface area contributed by atoms with E-state index in [1.807, 2.05) is 18.9 Å². The fraction of sp³-hybridized carbons (Fsp3) is 0.444. The van der Waals surface area contributed by atoms with Crippen LogP contribution in [0.3, 0.4) is 0 Å². The first-order valence-electron chi connectivity index (χ1n) is 12.0. The van der Waals surface area contributed by atoms with E-state index in [1.165, 1.54) is 26.2 Å². The van der Waals surface area contributed by atoms with Gasteiger partial charge in [0.15, 0.2) is 23.0 Å². The summed E-state index contributed by atoms with van der Waals surface area (Å²) in [6.45, 7) is 3.13. The molecule has 1 amide bonds. The molecule has 0 aromatic heterocycles. The van der Waals surface area contributed by atoms with Crippen LogP contribution in [-0.4, -0.2) is 79.2 Å². The molecule has 0 aliphatic carbocycles. The van der Waals surface area contributed by atoms with E-state index < -0.39 is 24.7 Å². The summed E-state index contributed by atoms with van der Waals surface area (Å²) < 4.78 is 22.5. The number of ether oxygens (including phenoxy) is 4. The number of benzene rings is 2. The number of hydrogen-bond donors (Lipinski definition) is 3. The Labute approximate surface area is 215 Å². The van der Waals surface area contributed by atoms with E-state index in [4.69, 9.17) is 18.9 Å². The van der Waals surface area contributed by atoms with E-state index >= 15 is 0 Å². The highest BCUT2D eigenvalue weighted by molar-refractivity contribution is 5.91. The van der Waals surface area contributed by atoms with Crippen LogP contribution in [0.25, 0.3) is 6.08 Å². The van der Waals surface area contributed by atoms with Gasteiger partial charge in [0.2, 0.25) is 5.91 Å². The number of phenols is 2. The van der Waals surface area contributed by atoms with Crippen molar-refractivity contribution in [3.8, 4) is 34.5 Å². The first kappa shape index (κ1) is 25.0. The van der Waals surface area contributed by atoms with Crippen LogP contribution in [0.1, 0.15) is 45.5 Å². The number of methoxy groups -OCH3 is 4. The van der Waals surface area contributed by atoms with Gasteiger partial charge in [-0.2, -0.15) is 0 Å². The second kappa shape index (κ2) is 8.74. The van der Waals surface area contributed by atoms with E-state index in [2.05, 4.69) is 0 Å². The fourth-order valence-electron chi connectivity index (χ4n) is 6.46. The summed E-state index contributed by atoms with van der Waals surface area (Å²) >= 11 is 0. The predicted octanol–water partition coefficient (Wildman–Crippen LogP) is 2.58. The van der Waals surface area contributed by atoms with Crippen LogP contribution in [0.2, 0.25) is 0 Å². The molecule has 2 aromatic rings. The number of carbonyl (C=O) groups is 1. The van der Waals surface area contributed by atoms with Gasteiger partial charge in [-0.3, -0.25) is 9.69 Å². The van der Waals surface area contributed by atoms with Crippen molar-refractivity contribution in [2.75, 3.05) is 42.1 Å². The van der Waals surface area contributed by atoms with Gasteiger partial charge in [-0.05, 0) is 27.0 Å². The van der Waals surface area contributed by atoms with E-state index in [0.717, 1.165) is 5.56 Å². The van der Waals surface area contributed by atoms with Crippen molar-refractivity contribution in [3.05, 3.63) is 39.1 Å². The van der Waals surface area contributed by atoms with Crippen molar-refractivity contribution in [1.29, 1.82) is 0 Å². The lowest BCUT2D eigenvalue weighted by Gasteiger charge is -2.53. The Hall–Kier alpha value is -3.63. The third kappa shape index (κ3) is 3.09. The highest BCUT2D eigenvalue weighted by Gasteiger charge is 2.53. The Balaban J connectivity index is 1.88. The predicted molar refractivity (Wildman–Crippen MR) is 135 cm³/mol. The van der Waals surface area contributed by atoms with Crippen molar-refractivity contribution in [3.63, 3.8) is 0 Å². The molecule has 3 atom stereocenters. The number of phenolic OH excluding ortho intramolecular Hbond substituents is 2. The molecular weight excluding hydrogens is 480 g/mol. The average Bonchev–Trinajstić information content (AvgIpc) is 2.87. The van der Waals surface area contributed by atoms with Crippen LogP contribution >= 0.6 is 0 Å². The van der Waals surface area contributed by atoms with Crippen molar-refractivity contribution in [1.82, 2.24) is 9.80 Å². The van der Waals surface area contributed by atoms with Crippen molar-refractivity contribution < 1.29 is 39.1 Å². The summed E-state index contributed by atoms with van der Waals surface area (Å²) in [6.07, 6.45) is 2.08. The number of aromatic hydroxyl groups is 2. The number of hydrogen-bond acceptors (Lipinski definition) is 9. The molecule has 3 aliphatic rings. The number of carbonyl (C=O) groups excluding carboxylic acids is 1. The number of amides is 1. The van der Waals surface area contributed by atoms with Gasteiger partial charge in [-0.1, -0.05) is 0 Å². The maximum absolute atomic E-state index is 14.0. The van der Waals surface area contributed by atoms with Crippen LogP contribution in [0.4, 0.5) is 0 Å². The average molecular weight is 513 g/mol. The molecule has 0 unspecified atom stereocenters. The van der Waals surface area contributed by atoms with Crippen LogP contribution < -0.4 is 18.9 Å². The van der Waals surface area contributed by atoms with Crippen molar-refractivity contribution >= 4 is 12.0 Å². The number of nitrogens with zero attached hydrogens (tertiary/aromatic N) is 2. The minimum Gasteiger partial charge on any atom is -0.504 e. The van der Waals surface area contributed by atoms with E-state index in [-0.39, 0.29) is 23.2 Å². The van der Waals surface area contributed by atoms with Gasteiger partial charge in [-0.15, -0.1) is 0 Å². The summed E-state index contributed by atoms with van der Waals surface area (Å²) in [5.74, 6) is 1.16. The van der Waals surface area contributed by atoms with E-state index in [1.54, 1.807) is 20.1 Å². The Morgan fingerprint density at radius 3 is 1.97 bits per heavy atom. The van der Waals surface area contributed by atoms with Gasteiger partial charge in [0.05, 0.1) is 53.2 Å². The molecule has 5 rings (SSSR count). The smallest absolute Gasteiger partial charge is 0.245 e. The van der Waals surface area contributed by atoms with Crippen LogP contribution in [0.5, 0.6) is 34.5 Å². The SMILES string of the molecule is COc1c(C)c(OC)c2c(c1O)[C@H](CO)N1C(=O)[C@H]3Cc4c(OC)c(C)c(OC)c(O)c4[C@H](C1=C2)N3C. The van der Waals surface area contributed by atoms with Crippen LogP contribution in [-0.2, 0) is 11.2 Å². The maximum atomic E-state index is 14.0. The highest BCUT2D eigenvalue weighted by Crippen LogP contribution is 2.58. The lowest BCUT2D eigenvalue weighted by molar-refractivity contribution is -0.144. The quantitative estimate of drug-likeness (QED) is 0.555. The largest absolute Gasteiger partial charge is 0.504 e. The Morgan fingerprint density at radius 2 is 1.43 bits per heavy atom. The molecule has 1 saturated heterocycles.